The summed E-state index contributed by atoms with van der Waals surface area (Å²) in [6.45, 7) is 8.19. The fourth-order valence-electron chi connectivity index (χ4n) is 2.09. The fourth-order valence-corrected chi connectivity index (χ4v) is 2.09. The minimum absolute atomic E-state index is 0.743. The highest BCUT2D eigenvalue weighted by Gasteiger charge is 1.95. The molecule has 0 bridgehead atoms. The van der Waals surface area contributed by atoms with Crippen molar-refractivity contribution >= 4 is 0 Å². The van der Waals surface area contributed by atoms with Crippen LogP contribution in [0.15, 0.2) is 47.6 Å². The average Bonchev–Trinajstić information content (AvgIpc) is 2.40. The van der Waals surface area contributed by atoms with Gasteiger partial charge >= 0.3 is 0 Å². The SMILES string of the molecule is CCCn1cc(C)ccc1=NCc1ccc(C)cc1. The van der Waals surface area contributed by atoms with Crippen LogP contribution in [0, 0.1) is 13.8 Å². The first kappa shape index (κ1) is 13.6. The highest BCUT2D eigenvalue weighted by molar-refractivity contribution is 5.21. The summed E-state index contributed by atoms with van der Waals surface area (Å²) < 4.78 is 2.24. The molecule has 19 heavy (non-hydrogen) atoms. The van der Waals surface area contributed by atoms with Crippen LogP contribution in [-0.4, -0.2) is 4.57 Å². The summed E-state index contributed by atoms with van der Waals surface area (Å²) in [6.07, 6.45) is 3.30. The van der Waals surface area contributed by atoms with Crippen molar-refractivity contribution in [2.45, 2.75) is 40.3 Å². The van der Waals surface area contributed by atoms with Crippen molar-refractivity contribution in [1.29, 1.82) is 0 Å². The molecule has 1 aromatic heterocycles. The van der Waals surface area contributed by atoms with Crippen molar-refractivity contribution in [2.24, 2.45) is 4.99 Å². The molecule has 0 amide bonds. The molecule has 2 heteroatoms. The first-order valence-electron chi connectivity index (χ1n) is 6.92. The molecule has 1 aromatic carbocycles. The van der Waals surface area contributed by atoms with Crippen LogP contribution in [-0.2, 0) is 13.1 Å². The molecule has 0 aliphatic rings. The Kier molecular flexibility index (Phi) is 4.56. The number of aromatic nitrogens is 1. The molecule has 0 unspecified atom stereocenters. The lowest BCUT2D eigenvalue weighted by Crippen LogP contribution is -2.20. The smallest absolute Gasteiger partial charge is 0.127 e. The molecule has 1 heterocycles. The lowest BCUT2D eigenvalue weighted by molar-refractivity contribution is 0.634. The molecule has 0 N–H and O–H groups in total. The van der Waals surface area contributed by atoms with Gasteiger partial charge in [-0.05, 0) is 37.5 Å². The summed E-state index contributed by atoms with van der Waals surface area (Å²) in [5.41, 5.74) is 4.89. The van der Waals surface area contributed by atoms with Crippen molar-refractivity contribution in [3.8, 4) is 0 Å². The van der Waals surface area contributed by atoms with Gasteiger partial charge in [-0.1, -0.05) is 42.8 Å². The van der Waals surface area contributed by atoms with E-state index in [1.54, 1.807) is 0 Å². The minimum atomic E-state index is 0.743. The van der Waals surface area contributed by atoms with Crippen LogP contribution in [0.1, 0.15) is 30.0 Å². The van der Waals surface area contributed by atoms with Crippen LogP contribution in [0.4, 0.5) is 0 Å². The molecule has 2 rings (SSSR count). The normalized spacial score (nSPS) is 11.8. The molecular formula is C17H22N2. The number of nitrogens with zero attached hydrogens (tertiary/aromatic N) is 2. The second-order valence-corrected chi connectivity index (χ2v) is 5.06. The van der Waals surface area contributed by atoms with E-state index in [1.807, 2.05) is 0 Å². The van der Waals surface area contributed by atoms with E-state index < -0.39 is 0 Å². The molecule has 0 aliphatic carbocycles. The van der Waals surface area contributed by atoms with Crippen molar-refractivity contribution < 1.29 is 0 Å². The van der Waals surface area contributed by atoms with Gasteiger partial charge in [0.2, 0.25) is 0 Å². The zero-order chi connectivity index (χ0) is 13.7. The van der Waals surface area contributed by atoms with E-state index in [0.29, 0.717) is 0 Å². The Morgan fingerprint density at radius 1 is 0.947 bits per heavy atom. The van der Waals surface area contributed by atoms with E-state index in [4.69, 9.17) is 4.99 Å². The Morgan fingerprint density at radius 3 is 2.32 bits per heavy atom. The Balaban J connectivity index is 2.25. The van der Waals surface area contributed by atoms with Crippen LogP contribution < -0.4 is 5.49 Å². The lowest BCUT2D eigenvalue weighted by Gasteiger charge is -2.07. The fraction of sp³-hybridized carbons (Fsp3) is 0.353. The Hall–Kier alpha value is -1.83. The monoisotopic (exact) mass is 254 g/mol. The first-order chi connectivity index (χ1) is 9.19. The van der Waals surface area contributed by atoms with E-state index in [1.165, 1.54) is 16.7 Å². The maximum atomic E-state index is 4.73. The number of rotatable bonds is 4. The van der Waals surface area contributed by atoms with Crippen LogP contribution in [0.2, 0.25) is 0 Å². The molecule has 2 nitrogen and oxygen atoms in total. The van der Waals surface area contributed by atoms with Crippen LogP contribution >= 0.6 is 0 Å². The molecule has 0 fully saturated rings. The van der Waals surface area contributed by atoms with Gasteiger partial charge in [0.1, 0.15) is 5.49 Å². The maximum Gasteiger partial charge on any atom is 0.127 e. The van der Waals surface area contributed by atoms with Gasteiger partial charge in [0.15, 0.2) is 0 Å². The number of benzene rings is 1. The number of hydrogen-bond donors (Lipinski definition) is 0. The Labute approximate surface area is 115 Å². The maximum absolute atomic E-state index is 4.73. The molecule has 0 radical (unpaired) electrons. The van der Waals surface area contributed by atoms with Crippen molar-refractivity contribution in [3.63, 3.8) is 0 Å². The third-order valence-electron chi connectivity index (χ3n) is 3.16. The van der Waals surface area contributed by atoms with E-state index in [9.17, 15) is 0 Å². The number of aryl methyl sites for hydroxylation is 3. The molecular weight excluding hydrogens is 232 g/mol. The van der Waals surface area contributed by atoms with Gasteiger partial charge < -0.3 is 4.57 Å². The van der Waals surface area contributed by atoms with Gasteiger partial charge in [0, 0.05) is 12.7 Å². The topological polar surface area (TPSA) is 17.3 Å². The first-order valence-corrected chi connectivity index (χ1v) is 6.92. The number of hydrogen-bond acceptors (Lipinski definition) is 1. The standard InChI is InChI=1S/C17H22N2/c1-4-11-19-13-15(3)7-10-17(19)18-12-16-8-5-14(2)6-9-16/h5-10,13H,4,11-12H2,1-3H3. The van der Waals surface area contributed by atoms with Crippen LogP contribution in [0.5, 0.6) is 0 Å². The molecule has 2 aromatic rings. The van der Waals surface area contributed by atoms with Gasteiger partial charge in [0.25, 0.3) is 0 Å². The summed E-state index contributed by atoms with van der Waals surface area (Å²) in [7, 11) is 0. The van der Waals surface area contributed by atoms with Crippen molar-refractivity contribution in [2.75, 3.05) is 0 Å². The zero-order valence-electron chi connectivity index (χ0n) is 12.1. The lowest BCUT2D eigenvalue weighted by atomic mass is 10.1. The quantitative estimate of drug-likeness (QED) is 0.793. The second-order valence-electron chi connectivity index (χ2n) is 5.06. The van der Waals surface area contributed by atoms with Crippen LogP contribution in [0.25, 0.3) is 0 Å². The largest absolute Gasteiger partial charge is 0.333 e. The second kappa shape index (κ2) is 6.37. The molecule has 0 saturated carbocycles. The van der Waals surface area contributed by atoms with Gasteiger partial charge in [-0.3, -0.25) is 4.99 Å². The van der Waals surface area contributed by atoms with Gasteiger partial charge in [-0.25, -0.2) is 0 Å². The highest BCUT2D eigenvalue weighted by Crippen LogP contribution is 2.04. The summed E-state index contributed by atoms with van der Waals surface area (Å²) in [5, 5.41) is 0. The highest BCUT2D eigenvalue weighted by atomic mass is 15.0. The summed E-state index contributed by atoms with van der Waals surface area (Å²) in [5.74, 6) is 0. The predicted molar refractivity (Wildman–Crippen MR) is 79.9 cm³/mol. The molecule has 0 spiro atoms. The van der Waals surface area contributed by atoms with Gasteiger partial charge in [-0.2, -0.15) is 0 Å². The van der Waals surface area contributed by atoms with E-state index >= 15 is 0 Å². The summed E-state index contributed by atoms with van der Waals surface area (Å²) >= 11 is 0. The predicted octanol–water partition coefficient (Wildman–Crippen LogP) is 3.62. The van der Waals surface area contributed by atoms with E-state index in [-0.39, 0.29) is 0 Å². The zero-order valence-corrected chi connectivity index (χ0v) is 12.1. The third kappa shape index (κ3) is 3.82. The van der Waals surface area contributed by atoms with Gasteiger partial charge in [0.05, 0.1) is 6.54 Å². The van der Waals surface area contributed by atoms with E-state index in [0.717, 1.165) is 25.0 Å². The Bertz CT molecular complexity index is 591. The van der Waals surface area contributed by atoms with Crippen molar-refractivity contribution in [1.82, 2.24) is 4.57 Å². The summed E-state index contributed by atoms with van der Waals surface area (Å²) in [6, 6.07) is 12.8. The average molecular weight is 254 g/mol. The number of pyridine rings is 1. The van der Waals surface area contributed by atoms with Gasteiger partial charge in [-0.15, -0.1) is 0 Å². The Morgan fingerprint density at radius 2 is 1.63 bits per heavy atom. The molecule has 100 valence electrons. The summed E-state index contributed by atoms with van der Waals surface area (Å²) in [4.78, 5) is 4.73. The minimum Gasteiger partial charge on any atom is -0.333 e. The molecule has 0 atom stereocenters. The van der Waals surface area contributed by atoms with E-state index in [2.05, 4.69) is 67.9 Å². The van der Waals surface area contributed by atoms with Crippen molar-refractivity contribution in [3.05, 3.63) is 64.8 Å². The van der Waals surface area contributed by atoms with Crippen LogP contribution in [0.3, 0.4) is 0 Å². The third-order valence-corrected chi connectivity index (χ3v) is 3.16. The molecule has 0 saturated heterocycles. The molecule has 0 aliphatic heterocycles.